The highest BCUT2D eigenvalue weighted by molar-refractivity contribution is 6.03. The zero-order valence-electron chi connectivity index (χ0n) is 11.9. The van der Waals surface area contributed by atoms with Gasteiger partial charge in [0.05, 0.1) is 23.4 Å². The lowest BCUT2D eigenvalue weighted by Gasteiger charge is -2.23. The molecule has 3 rings (SSSR count). The minimum Gasteiger partial charge on any atom is -0.478 e. The minimum absolute atomic E-state index is 0.125. The quantitative estimate of drug-likeness (QED) is 0.890. The van der Waals surface area contributed by atoms with Gasteiger partial charge in [-0.1, -0.05) is 0 Å². The fraction of sp³-hybridized carbons (Fsp3) is 0.500. The van der Waals surface area contributed by atoms with Gasteiger partial charge in [0.25, 0.3) is 0 Å². The molecule has 112 valence electrons. The molecule has 1 fully saturated rings. The summed E-state index contributed by atoms with van der Waals surface area (Å²) in [6.45, 7) is 1.37. The van der Waals surface area contributed by atoms with Crippen LogP contribution in [0.1, 0.15) is 29.6 Å². The summed E-state index contributed by atoms with van der Waals surface area (Å²) in [7, 11) is 1.78. The van der Waals surface area contributed by atoms with E-state index in [2.05, 4.69) is 15.4 Å². The number of ether oxygens (including phenoxy) is 1. The maximum Gasteiger partial charge on any atom is 0.339 e. The third-order valence-corrected chi connectivity index (χ3v) is 3.77. The van der Waals surface area contributed by atoms with Gasteiger partial charge in [0.15, 0.2) is 5.65 Å². The van der Waals surface area contributed by atoms with Crippen LogP contribution in [0.15, 0.2) is 12.4 Å². The van der Waals surface area contributed by atoms with Gasteiger partial charge >= 0.3 is 5.97 Å². The topological polar surface area (TPSA) is 89.3 Å². The number of aryl methyl sites for hydroxylation is 1. The fourth-order valence-electron chi connectivity index (χ4n) is 2.63. The summed E-state index contributed by atoms with van der Waals surface area (Å²) in [5.41, 5.74) is 1.38. The third-order valence-electron chi connectivity index (χ3n) is 3.77. The van der Waals surface area contributed by atoms with Gasteiger partial charge in [-0.15, -0.1) is 0 Å². The molecule has 0 saturated carbocycles. The Morgan fingerprint density at radius 3 is 3.10 bits per heavy atom. The van der Waals surface area contributed by atoms with E-state index in [0.29, 0.717) is 23.3 Å². The van der Waals surface area contributed by atoms with Gasteiger partial charge in [0.2, 0.25) is 0 Å². The van der Waals surface area contributed by atoms with Crippen LogP contribution in [-0.2, 0) is 11.8 Å². The Kier molecular flexibility index (Phi) is 3.74. The summed E-state index contributed by atoms with van der Waals surface area (Å²) in [5.74, 6) is -1.000. The van der Waals surface area contributed by atoms with E-state index in [4.69, 9.17) is 4.74 Å². The number of carboxylic acids is 1. The van der Waals surface area contributed by atoms with Gasteiger partial charge < -0.3 is 15.2 Å². The maximum absolute atomic E-state index is 11.4. The molecule has 1 atom stereocenters. The molecule has 2 aromatic rings. The summed E-state index contributed by atoms with van der Waals surface area (Å²) in [6.07, 6.45) is 6.38. The number of carbonyl (C=O) groups is 1. The molecule has 21 heavy (non-hydrogen) atoms. The molecule has 3 heterocycles. The van der Waals surface area contributed by atoms with Crippen LogP contribution in [-0.4, -0.2) is 45.1 Å². The van der Waals surface area contributed by atoms with E-state index in [1.807, 2.05) is 0 Å². The van der Waals surface area contributed by atoms with E-state index in [1.54, 1.807) is 17.9 Å². The molecule has 1 saturated heterocycles. The Hall–Kier alpha value is -2.15. The van der Waals surface area contributed by atoms with Gasteiger partial charge in [0, 0.05) is 26.4 Å². The van der Waals surface area contributed by atoms with Crippen LogP contribution in [0.2, 0.25) is 0 Å². The highest BCUT2D eigenvalue weighted by Gasteiger charge is 2.19. The largest absolute Gasteiger partial charge is 0.478 e. The maximum atomic E-state index is 11.4. The highest BCUT2D eigenvalue weighted by atomic mass is 16.5. The second-order valence-electron chi connectivity index (χ2n) is 5.23. The van der Waals surface area contributed by atoms with Crippen molar-refractivity contribution in [2.45, 2.75) is 25.4 Å². The van der Waals surface area contributed by atoms with Crippen molar-refractivity contribution in [2.75, 3.05) is 18.5 Å². The first kappa shape index (κ1) is 13.8. The molecule has 0 spiro atoms. The van der Waals surface area contributed by atoms with Gasteiger partial charge in [-0.25, -0.2) is 9.78 Å². The third kappa shape index (κ3) is 2.69. The van der Waals surface area contributed by atoms with Crippen LogP contribution in [0.3, 0.4) is 0 Å². The summed E-state index contributed by atoms with van der Waals surface area (Å²) in [5, 5.41) is 17.4. The van der Waals surface area contributed by atoms with Crippen LogP contribution in [0.25, 0.3) is 11.0 Å². The molecule has 0 aliphatic carbocycles. The van der Waals surface area contributed by atoms with Crippen molar-refractivity contribution in [1.29, 1.82) is 0 Å². The second kappa shape index (κ2) is 5.69. The molecule has 0 radical (unpaired) electrons. The van der Waals surface area contributed by atoms with Crippen molar-refractivity contribution in [3.63, 3.8) is 0 Å². The van der Waals surface area contributed by atoms with Crippen molar-refractivity contribution in [1.82, 2.24) is 14.8 Å². The first-order valence-corrected chi connectivity index (χ1v) is 7.06. The lowest BCUT2D eigenvalue weighted by Crippen LogP contribution is -2.27. The van der Waals surface area contributed by atoms with Gasteiger partial charge in [0.1, 0.15) is 5.56 Å². The second-order valence-corrected chi connectivity index (χ2v) is 5.23. The van der Waals surface area contributed by atoms with E-state index in [9.17, 15) is 9.90 Å². The van der Waals surface area contributed by atoms with E-state index in [-0.39, 0.29) is 11.7 Å². The number of nitrogens with zero attached hydrogens (tertiary/aromatic N) is 3. The number of pyridine rings is 1. The number of hydrogen-bond donors (Lipinski definition) is 2. The zero-order valence-corrected chi connectivity index (χ0v) is 11.9. The smallest absolute Gasteiger partial charge is 0.339 e. The van der Waals surface area contributed by atoms with Crippen molar-refractivity contribution < 1.29 is 14.6 Å². The number of aromatic carboxylic acids is 1. The van der Waals surface area contributed by atoms with Crippen molar-refractivity contribution in [3.05, 3.63) is 18.0 Å². The Labute approximate surface area is 121 Å². The standard InChI is InChI=1S/C14H18N4O3/c1-18-13-10(8-17-18)12(11(7-16-13)14(19)20)15-6-9-4-2-3-5-21-9/h7-9H,2-6H2,1H3,(H,15,16)(H,19,20). The summed E-state index contributed by atoms with van der Waals surface area (Å²) < 4.78 is 7.30. The monoisotopic (exact) mass is 290 g/mol. The lowest BCUT2D eigenvalue weighted by molar-refractivity contribution is 0.0247. The molecule has 7 heteroatoms. The van der Waals surface area contributed by atoms with Crippen LogP contribution >= 0.6 is 0 Å². The Balaban J connectivity index is 1.90. The van der Waals surface area contributed by atoms with Crippen molar-refractivity contribution in [2.24, 2.45) is 7.05 Å². The predicted molar refractivity (Wildman–Crippen MR) is 77.5 cm³/mol. The van der Waals surface area contributed by atoms with Crippen LogP contribution < -0.4 is 5.32 Å². The molecule has 1 aliphatic rings. The summed E-state index contributed by atoms with van der Waals surface area (Å²) in [6, 6.07) is 0. The number of nitrogens with one attached hydrogen (secondary N) is 1. The molecule has 0 amide bonds. The Morgan fingerprint density at radius 1 is 1.52 bits per heavy atom. The van der Waals surface area contributed by atoms with Crippen LogP contribution in [0.5, 0.6) is 0 Å². The molecule has 2 aromatic heterocycles. The normalized spacial score (nSPS) is 18.8. The average molecular weight is 290 g/mol. The van der Waals surface area contributed by atoms with E-state index in [1.165, 1.54) is 6.20 Å². The van der Waals surface area contributed by atoms with E-state index < -0.39 is 5.97 Å². The lowest BCUT2D eigenvalue weighted by atomic mass is 10.1. The molecule has 0 bridgehead atoms. The van der Waals surface area contributed by atoms with Crippen molar-refractivity contribution >= 4 is 22.7 Å². The fourth-order valence-corrected chi connectivity index (χ4v) is 2.63. The first-order chi connectivity index (χ1) is 10.2. The molecular weight excluding hydrogens is 272 g/mol. The SMILES string of the molecule is Cn1ncc2c(NCC3CCCCO3)c(C(=O)O)cnc21. The first-order valence-electron chi connectivity index (χ1n) is 7.06. The number of anilines is 1. The number of fused-ring (bicyclic) bond motifs is 1. The van der Waals surface area contributed by atoms with Gasteiger partial charge in [-0.2, -0.15) is 5.10 Å². The average Bonchev–Trinajstić information content (AvgIpc) is 2.87. The molecule has 1 unspecified atom stereocenters. The molecule has 7 nitrogen and oxygen atoms in total. The summed E-state index contributed by atoms with van der Waals surface area (Å²) >= 11 is 0. The summed E-state index contributed by atoms with van der Waals surface area (Å²) in [4.78, 5) is 15.6. The van der Waals surface area contributed by atoms with Gasteiger partial charge in [-0.05, 0) is 19.3 Å². The molecule has 2 N–H and O–H groups in total. The molecule has 0 aromatic carbocycles. The highest BCUT2D eigenvalue weighted by Crippen LogP contribution is 2.26. The number of carboxylic acid groups (broad SMARTS) is 1. The predicted octanol–water partition coefficient (Wildman–Crippen LogP) is 1.65. The van der Waals surface area contributed by atoms with E-state index >= 15 is 0 Å². The molecule has 1 aliphatic heterocycles. The minimum atomic E-state index is -1.000. The number of rotatable bonds is 4. The van der Waals surface area contributed by atoms with Crippen LogP contribution in [0.4, 0.5) is 5.69 Å². The van der Waals surface area contributed by atoms with Gasteiger partial charge in [-0.3, -0.25) is 4.68 Å². The van der Waals surface area contributed by atoms with E-state index in [0.717, 1.165) is 25.9 Å². The van der Waals surface area contributed by atoms with Crippen LogP contribution in [0, 0.1) is 0 Å². The van der Waals surface area contributed by atoms with Crippen molar-refractivity contribution in [3.8, 4) is 0 Å². The molecular formula is C14H18N4O3. The zero-order chi connectivity index (χ0) is 14.8. The number of aromatic nitrogens is 3. The Morgan fingerprint density at radius 2 is 2.38 bits per heavy atom. The number of hydrogen-bond acceptors (Lipinski definition) is 5. The Bertz CT molecular complexity index is 662.